The highest BCUT2D eigenvalue weighted by Crippen LogP contribution is 2.44. The van der Waals surface area contributed by atoms with Crippen molar-refractivity contribution in [1.82, 2.24) is 10.6 Å². The Bertz CT molecular complexity index is 980. The fourth-order valence-corrected chi connectivity index (χ4v) is 4.75. The lowest BCUT2D eigenvalue weighted by atomic mass is 9.85. The van der Waals surface area contributed by atoms with Crippen LogP contribution < -0.4 is 10.6 Å². The second kappa shape index (κ2) is 11.2. The van der Waals surface area contributed by atoms with Crippen molar-refractivity contribution in [2.24, 2.45) is 17.8 Å². The van der Waals surface area contributed by atoms with Gasteiger partial charge in [-0.25, -0.2) is 4.79 Å². The molecular weight excluding hydrogens is 432 g/mol. The third-order valence-electron chi connectivity index (χ3n) is 6.56. The Morgan fingerprint density at radius 1 is 0.912 bits per heavy atom. The molecule has 2 amide bonds. The quantitative estimate of drug-likeness (QED) is 0.481. The van der Waals surface area contributed by atoms with Gasteiger partial charge in [-0.3, -0.25) is 9.59 Å². The van der Waals surface area contributed by atoms with Gasteiger partial charge in [-0.15, -0.1) is 0 Å². The van der Waals surface area contributed by atoms with E-state index in [2.05, 4.69) is 38.3 Å². The molecule has 0 spiro atoms. The van der Waals surface area contributed by atoms with E-state index in [0.29, 0.717) is 18.4 Å². The highest BCUT2D eigenvalue weighted by molar-refractivity contribution is 5.89. The highest BCUT2D eigenvalue weighted by Gasteiger charge is 2.30. The second-order valence-electron chi connectivity index (χ2n) is 9.52. The Morgan fingerprint density at radius 2 is 1.44 bits per heavy atom. The summed E-state index contributed by atoms with van der Waals surface area (Å²) in [5, 5.41) is 14.5. The van der Waals surface area contributed by atoms with Crippen LogP contribution in [-0.4, -0.2) is 42.3 Å². The van der Waals surface area contributed by atoms with Gasteiger partial charge >= 0.3 is 12.1 Å². The van der Waals surface area contributed by atoms with E-state index in [0.717, 1.165) is 22.3 Å². The summed E-state index contributed by atoms with van der Waals surface area (Å²) in [6.07, 6.45) is -1.34. The van der Waals surface area contributed by atoms with Gasteiger partial charge in [0.2, 0.25) is 5.91 Å². The maximum Gasteiger partial charge on any atom is 0.407 e. The number of carboxylic acid groups (broad SMARTS) is 1. The van der Waals surface area contributed by atoms with Crippen molar-refractivity contribution in [1.29, 1.82) is 0 Å². The number of carbonyl (C=O) groups excluding carboxylic acids is 2. The number of alkyl carbamates (subject to hydrolysis) is 1. The molecule has 0 saturated heterocycles. The molecule has 3 N–H and O–H groups in total. The number of nitrogens with one attached hydrogen (secondary N) is 2. The summed E-state index contributed by atoms with van der Waals surface area (Å²) in [5.74, 6) is -0.876. The molecule has 0 aliphatic heterocycles. The SMILES string of the molecule is CC(C)C(CNC(=O)C(CC(=O)O)NC(=O)OCC1c2ccccc2-c2ccccc21)C(C)C. The number of hydrogen-bond donors (Lipinski definition) is 3. The molecule has 34 heavy (non-hydrogen) atoms. The molecule has 0 radical (unpaired) electrons. The van der Waals surface area contributed by atoms with Crippen LogP contribution in [0.4, 0.5) is 4.79 Å². The molecule has 0 heterocycles. The van der Waals surface area contributed by atoms with Crippen LogP contribution in [0.15, 0.2) is 48.5 Å². The Hall–Kier alpha value is -3.35. The number of benzene rings is 2. The maximum absolute atomic E-state index is 12.7. The maximum atomic E-state index is 12.7. The number of carbonyl (C=O) groups is 3. The van der Waals surface area contributed by atoms with E-state index in [4.69, 9.17) is 4.74 Å². The minimum Gasteiger partial charge on any atom is -0.481 e. The molecule has 1 atom stereocenters. The van der Waals surface area contributed by atoms with E-state index in [1.54, 1.807) is 0 Å². The number of fused-ring (bicyclic) bond motifs is 3. The molecule has 3 rings (SSSR count). The van der Waals surface area contributed by atoms with Crippen LogP contribution in [0.3, 0.4) is 0 Å². The predicted octanol–water partition coefficient (Wildman–Crippen LogP) is 4.41. The number of amides is 2. The van der Waals surface area contributed by atoms with Crippen LogP contribution in [0.5, 0.6) is 0 Å². The Balaban J connectivity index is 1.63. The molecule has 1 aliphatic carbocycles. The normalized spacial score (nSPS) is 13.5. The predicted molar refractivity (Wildman–Crippen MR) is 130 cm³/mol. The average Bonchev–Trinajstić information content (AvgIpc) is 3.10. The number of rotatable bonds is 10. The summed E-state index contributed by atoms with van der Waals surface area (Å²) in [5.41, 5.74) is 4.37. The van der Waals surface area contributed by atoms with Crippen LogP contribution in [0.2, 0.25) is 0 Å². The number of carboxylic acids is 1. The minimum absolute atomic E-state index is 0.0873. The Kier molecular flexibility index (Phi) is 8.31. The van der Waals surface area contributed by atoms with Crippen molar-refractivity contribution < 1.29 is 24.2 Å². The van der Waals surface area contributed by atoms with Crippen LogP contribution in [0.1, 0.15) is 51.2 Å². The van der Waals surface area contributed by atoms with Gasteiger partial charge in [0.25, 0.3) is 0 Å². The molecule has 7 nitrogen and oxygen atoms in total. The van der Waals surface area contributed by atoms with Gasteiger partial charge in [0.1, 0.15) is 12.6 Å². The molecular formula is C27H34N2O5. The molecule has 0 saturated carbocycles. The minimum atomic E-state index is -1.21. The van der Waals surface area contributed by atoms with E-state index in [1.807, 2.05) is 48.5 Å². The van der Waals surface area contributed by atoms with Gasteiger partial charge in [0.05, 0.1) is 6.42 Å². The number of aliphatic carboxylic acids is 1. The van der Waals surface area contributed by atoms with Crippen molar-refractivity contribution in [2.75, 3.05) is 13.2 Å². The summed E-state index contributed by atoms with van der Waals surface area (Å²) in [6, 6.07) is 14.8. The summed E-state index contributed by atoms with van der Waals surface area (Å²) in [6.45, 7) is 8.84. The number of ether oxygens (including phenoxy) is 1. The third kappa shape index (κ3) is 5.95. The first kappa shape index (κ1) is 25.3. The zero-order valence-corrected chi connectivity index (χ0v) is 20.2. The van der Waals surface area contributed by atoms with Crippen molar-refractivity contribution >= 4 is 18.0 Å². The summed E-state index contributed by atoms with van der Waals surface area (Å²) in [7, 11) is 0. The van der Waals surface area contributed by atoms with Gasteiger partial charge < -0.3 is 20.5 Å². The van der Waals surface area contributed by atoms with Crippen LogP contribution in [-0.2, 0) is 14.3 Å². The Labute approximate surface area is 200 Å². The summed E-state index contributed by atoms with van der Waals surface area (Å²) < 4.78 is 5.48. The van der Waals surface area contributed by atoms with Crippen molar-refractivity contribution in [3.8, 4) is 11.1 Å². The topological polar surface area (TPSA) is 105 Å². The largest absolute Gasteiger partial charge is 0.481 e. The molecule has 0 aromatic heterocycles. The molecule has 0 bridgehead atoms. The van der Waals surface area contributed by atoms with Gasteiger partial charge in [0.15, 0.2) is 0 Å². The Morgan fingerprint density at radius 3 is 1.94 bits per heavy atom. The van der Waals surface area contributed by atoms with Gasteiger partial charge in [-0.2, -0.15) is 0 Å². The smallest absolute Gasteiger partial charge is 0.407 e. The summed E-state index contributed by atoms with van der Waals surface area (Å²) in [4.78, 5) is 36.6. The van der Waals surface area contributed by atoms with E-state index in [1.165, 1.54) is 0 Å². The van der Waals surface area contributed by atoms with Crippen molar-refractivity contribution in [3.63, 3.8) is 0 Å². The summed E-state index contributed by atoms with van der Waals surface area (Å²) >= 11 is 0. The lowest BCUT2D eigenvalue weighted by Gasteiger charge is -2.26. The van der Waals surface area contributed by atoms with Crippen LogP contribution >= 0.6 is 0 Å². The second-order valence-corrected chi connectivity index (χ2v) is 9.52. The van der Waals surface area contributed by atoms with Crippen LogP contribution in [0.25, 0.3) is 11.1 Å². The van der Waals surface area contributed by atoms with E-state index >= 15 is 0 Å². The van der Waals surface area contributed by atoms with Crippen molar-refractivity contribution in [2.45, 2.75) is 46.1 Å². The first-order valence-electron chi connectivity index (χ1n) is 11.8. The number of hydrogen-bond acceptors (Lipinski definition) is 4. The van der Waals surface area contributed by atoms with Crippen molar-refractivity contribution in [3.05, 3.63) is 59.7 Å². The molecule has 0 fully saturated rings. The monoisotopic (exact) mass is 466 g/mol. The molecule has 2 aromatic rings. The molecule has 1 unspecified atom stereocenters. The first-order chi connectivity index (χ1) is 16.2. The average molecular weight is 467 g/mol. The zero-order valence-electron chi connectivity index (χ0n) is 20.2. The van der Waals surface area contributed by atoms with Gasteiger partial charge in [-0.05, 0) is 40.0 Å². The van der Waals surface area contributed by atoms with E-state index in [9.17, 15) is 19.5 Å². The van der Waals surface area contributed by atoms with Crippen LogP contribution in [0, 0.1) is 17.8 Å². The fraction of sp³-hybridized carbons (Fsp3) is 0.444. The third-order valence-corrected chi connectivity index (χ3v) is 6.56. The first-order valence-corrected chi connectivity index (χ1v) is 11.8. The standard InChI is InChI=1S/C27H34N2O5/c1-16(2)22(17(3)4)14-28-26(32)24(13-25(30)31)29-27(33)34-15-23-20-11-7-5-9-18(20)19-10-6-8-12-21(19)23/h5-12,16-17,22-24H,13-15H2,1-4H3,(H,28,32)(H,29,33)(H,30,31). The lowest BCUT2D eigenvalue weighted by molar-refractivity contribution is -0.139. The lowest BCUT2D eigenvalue weighted by Crippen LogP contribution is -2.49. The highest BCUT2D eigenvalue weighted by atomic mass is 16.5. The molecule has 7 heteroatoms. The van der Waals surface area contributed by atoms with E-state index in [-0.39, 0.29) is 18.4 Å². The fourth-order valence-electron chi connectivity index (χ4n) is 4.75. The van der Waals surface area contributed by atoms with E-state index < -0.39 is 30.4 Å². The molecule has 2 aromatic carbocycles. The van der Waals surface area contributed by atoms with Gasteiger partial charge in [-0.1, -0.05) is 76.2 Å². The zero-order chi connectivity index (χ0) is 24.8. The molecule has 1 aliphatic rings. The van der Waals surface area contributed by atoms with Gasteiger partial charge in [0, 0.05) is 12.5 Å². The molecule has 182 valence electrons.